The highest BCUT2D eigenvalue weighted by molar-refractivity contribution is 7.89. The molecule has 2 rings (SSSR count). The molecule has 0 aromatic heterocycles. The summed E-state index contributed by atoms with van der Waals surface area (Å²) in [7, 11) is -3.65. The second-order valence-electron chi connectivity index (χ2n) is 5.03. The third kappa shape index (κ3) is 3.38. The van der Waals surface area contributed by atoms with Crippen LogP contribution in [0.15, 0.2) is 23.1 Å². The van der Waals surface area contributed by atoms with Gasteiger partial charge in [-0.1, -0.05) is 18.0 Å². The molecule has 5 nitrogen and oxygen atoms in total. The molecule has 0 bridgehead atoms. The van der Waals surface area contributed by atoms with E-state index in [1.54, 1.807) is 0 Å². The highest BCUT2D eigenvalue weighted by Crippen LogP contribution is 2.29. The second-order valence-corrected chi connectivity index (χ2v) is 7.33. The number of piperidine rings is 1. The van der Waals surface area contributed by atoms with Crippen molar-refractivity contribution in [1.29, 1.82) is 5.26 Å². The highest BCUT2D eigenvalue weighted by Gasteiger charge is 2.33. The van der Waals surface area contributed by atoms with E-state index in [0.29, 0.717) is 13.0 Å². The maximum Gasteiger partial charge on any atom is 0.243 e. The van der Waals surface area contributed by atoms with Gasteiger partial charge in [0.05, 0.1) is 15.5 Å². The Morgan fingerprint density at radius 1 is 1.43 bits per heavy atom. The normalized spacial score (nSPS) is 20.1. The third-order valence-corrected chi connectivity index (χ3v) is 5.96. The maximum absolute atomic E-state index is 12.7. The summed E-state index contributed by atoms with van der Waals surface area (Å²) in [5.41, 5.74) is 0.251. The van der Waals surface area contributed by atoms with Crippen LogP contribution in [-0.4, -0.2) is 37.0 Å². The average molecular weight is 329 g/mol. The number of sulfonamides is 1. The minimum Gasteiger partial charge on any atom is -0.396 e. The zero-order valence-corrected chi connectivity index (χ0v) is 13.1. The van der Waals surface area contributed by atoms with Gasteiger partial charge < -0.3 is 5.11 Å². The Kier molecular flexibility index (Phi) is 5.22. The van der Waals surface area contributed by atoms with Crippen LogP contribution in [0.1, 0.15) is 31.2 Å². The van der Waals surface area contributed by atoms with Crippen molar-refractivity contribution in [1.82, 2.24) is 4.31 Å². The van der Waals surface area contributed by atoms with Gasteiger partial charge in [-0.15, -0.1) is 0 Å². The molecule has 1 heterocycles. The van der Waals surface area contributed by atoms with Gasteiger partial charge in [0.2, 0.25) is 10.0 Å². The Labute approximate surface area is 129 Å². The molecule has 0 radical (unpaired) electrons. The van der Waals surface area contributed by atoms with E-state index in [1.165, 1.54) is 22.5 Å². The van der Waals surface area contributed by atoms with Crippen molar-refractivity contribution in [3.63, 3.8) is 0 Å². The first-order valence-corrected chi connectivity index (χ1v) is 8.65. The Bertz CT molecular complexity index is 653. The molecule has 1 aromatic carbocycles. The molecule has 21 heavy (non-hydrogen) atoms. The van der Waals surface area contributed by atoms with Gasteiger partial charge in [-0.3, -0.25) is 0 Å². The lowest BCUT2D eigenvalue weighted by Gasteiger charge is -2.34. The third-order valence-electron chi connectivity index (χ3n) is 3.70. The summed E-state index contributed by atoms with van der Waals surface area (Å²) in [6, 6.07) is 5.87. The summed E-state index contributed by atoms with van der Waals surface area (Å²) in [6.45, 7) is 0.412. The molecule has 1 atom stereocenters. The first-order valence-electron chi connectivity index (χ1n) is 6.83. The van der Waals surface area contributed by atoms with Crippen LogP contribution in [0.2, 0.25) is 5.02 Å². The van der Waals surface area contributed by atoms with E-state index in [0.717, 1.165) is 19.3 Å². The van der Waals surface area contributed by atoms with Crippen LogP contribution in [0.4, 0.5) is 0 Å². The van der Waals surface area contributed by atoms with Gasteiger partial charge in [0.1, 0.15) is 6.07 Å². The SMILES string of the molecule is N#Cc1ccc(S(=O)(=O)N2CCCCC2CCO)cc1Cl. The molecule has 1 saturated heterocycles. The molecule has 114 valence electrons. The van der Waals surface area contributed by atoms with E-state index in [-0.39, 0.29) is 28.1 Å². The molecule has 0 aliphatic carbocycles. The van der Waals surface area contributed by atoms with Crippen molar-refractivity contribution in [3.05, 3.63) is 28.8 Å². The number of hydrogen-bond acceptors (Lipinski definition) is 4. The van der Waals surface area contributed by atoms with Crippen molar-refractivity contribution >= 4 is 21.6 Å². The predicted octanol–water partition coefficient (Wildman–Crippen LogP) is 2.14. The summed E-state index contributed by atoms with van der Waals surface area (Å²) in [6.07, 6.45) is 2.96. The van der Waals surface area contributed by atoms with Crippen LogP contribution in [0.5, 0.6) is 0 Å². The van der Waals surface area contributed by atoms with Crippen LogP contribution in [0, 0.1) is 11.3 Å². The minimum absolute atomic E-state index is 0.0369. The lowest BCUT2D eigenvalue weighted by molar-refractivity contribution is 0.192. The minimum atomic E-state index is -3.65. The summed E-state index contributed by atoms with van der Waals surface area (Å²) in [5, 5.41) is 18.1. The number of aliphatic hydroxyl groups excluding tert-OH is 1. The smallest absolute Gasteiger partial charge is 0.243 e. The van der Waals surface area contributed by atoms with E-state index in [2.05, 4.69) is 0 Å². The van der Waals surface area contributed by atoms with Gasteiger partial charge in [0.25, 0.3) is 0 Å². The van der Waals surface area contributed by atoms with Gasteiger partial charge >= 0.3 is 0 Å². The molecule has 1 aliphatic rings. The second kappa shape index (κ2) is 6.75. The standard InChI is InChI=1S/C14H17ClN2O3S/c15-14-9-13(5-4-11(14)10-16)21(19,20)17-7-2-1-3-12(17)6-8-18/h4-5,9,12,18H,1-3,6-8H2. The van der Waals surface area contributed by atoms with Gasteiger partial charge in [-0.2, -0.15) is 9.57 Å². The first kappa shape index (κ1) is 16.2. The van der Waals surface area contributed by atoms with E-state index >= 15 is 0 Å². The fraction of sp³-hybridized carbons (Fsp3) is 0.500. The molecule has 1 unspecified atom stereocenters. The maximum atomic E-state index is 12.7. The van der Waals surface area contributed by atoms with Crippen LogP contribution in [0.3, 0.4) is 0 Å². The van der Waals surface area contributed by atoms with Gasteiger partial charge in [-0.25, -0.2) is 8.42 Å². The van der Waals surface area contributed by atoms with Crippen LogP contribution < -0.4 is 0 Å². The molecule has 0 amide bonds. The number of hydrogen-bond donors (Lipinski definition) is 1. The van der Waals surface area contributed by atoms with E-state index in [1.807, 2.05) is 6.07 Å². The molecule has 1 aliphatic heterocycles. The van der Waals surface area contributed by atoms with Crippen molar-refractivity contribution in [3.8, 4) is 6.07 Å². The summed E-state index contributed by atoms with van der Waals surface area (Å²) < 4.78 is 26.9. The molecular weight excluding hydrogens is 312 g/mol. The van der Waals surface area contributed by atoms with Crippen molar-refractivity contribution in [2.45, 2.75) is 36.6 Å². The Morgan fingerprint density at radius 2 is 2.19 bits per heavy atom. The lowest BCUT2D eigenvalue weighted by Crippen LogP contribution is -2.44. The number of benzene rings is 1. The molecule has 0 spiro atoms. The number of rotatable bonds is 4. The quantitative estimate of drug-likeness (QED) is 0.918. The van der Waals surface area contributed by atoms with Gasteiger partial charge in [0, 0.05) is 19.2 Å². The first-order chi connectivity index (χ1) is 10.0. The fourth-order valence-electron chi connectivity index (χ4n) is 2.61. The van der Waals surface area contributed by atoms with Crippen LogP contribution in [0.25, 0.3) is 0 Å². The van der Waals surface area contributed by atoms with E-state index < -0.39 is 10.0 Å². The number of nitriles is 1. The topological polar surface area (TPSA) is 81.4 Å². The van der Waals surface area contributed by atoms with Crippen LogP contribution in [-0.2, 0) is 10.0 Å². The number of aliphatic hydroxyl groups is 1. The Balaban J connectivity index is 2.36. The number of nitrogens with zero attached hydrogens (tertiary/aromatic N) is 2. The molecule has 1 N–H and O–H groups in total. The van der Waals surface area contributed by atoms with E-state index in [9.17, 15) is 8.42 Å². The van der Waals surface area contributed by atoms with E-state index in [4.69, 9.17) is 22.0 Å². The fourth-order valence-corrected chi connectivity index (χ4v) is 4.65. The number of halogens is 1. The largest absolute Gasteiger partial charge is 0.396 e. The van der Waals surface area contributed by atoms with Gasteiger partial charge in [-0.05, 0) is 37.5 Å². The predicted molar refractivity (Wildman–Crippen MR) is 79.4 cm³/mol. The molecular formula is C14H17ClN2O3S. The Hall–Kier alpha value is -1.13. The van der Waals surface area contributed by atoms with Crippen molar-refractivity contribution < 1.29 is 13.5 Å². The lowest BCUT2D eigenvalue weighted by atomic mass is 10.0. The average Bonchev–Trinajstić information content (AvgIpc) is 2.48. The summed E-state index contributed by atoms with van der Waals surface area (Å²) in [5.74, 6) is 0. The zero-order chi connectivity index (χ0) is 15.5. The molecule has 1 aromatic rings. The zero-order valence-electron chi connectivity index (χ0n) is 11.5. The summed E-state index contributed by atoms with van der Waals surface area (Å²) >= 11 is 5.93. The van der Waals surface area contributed by atoms with Crippen molar-refractivity contribution in [2.24, 2.45) is 0 Å². The highest BCUT2D eigenvalue weighted by atomic mass is 35.5. The monoisotopic (exact) mass is 328 g/mol. The van der Waals surface area contributed by atoms with Crippen LogP contribution >= 0.6 is 11.6 Å². The molecule has 7 heteroatoms. The molecule has 0 saturated carbocycles. The van der Waals surface area contributed by atoms with Gasteiger partial charge in [0.15, 0.2) is 0 Å². The Morgan fingerprint density at radius 3 is 2.81 bits per heavy atom. The molecule has 1 fully saturated rings. The van der Waals surface area contributed by atoms with Crippen molar-refractivity contribution in [2.75, 3.05) is 13.2 Å². The summed E-state index contributed by atoms with van der Waals surface area (Å²) in [4.78, 5) is 0.0938.